The molecular weight excluding hydrogens is 242 g/mol. The van der Waals surface area contributed by atoms with Crippen LogP contribution in [0.5, 0.6) is 0 Å². The lowest BCUT2D eigenvalue weighted by atomic mass is 10.8. The van der Waals surface area contributed by atoms with E-state index in [-0.39, 0.29) is 26.4 Å². The number of hydrogen-bond donors (Lipinski definition) is 0. The van der Waals surface area contributed by atoms with E-state index in [4.69, 9.17) is 9.47 Å². The average Bonchev–Trinajstić information content (AvgIpc) is 2.31. The summed E-state index contributed by atoms with van der Waals surface area (Å²) in [6.07, 6.45) is 0. The molecule has 0 aliphatic rings. The van der Waals surface area contributed by atoms with E-state index in [0.29, 0.717) is 13.2 Å². The topological polar surface area (TPSA) is 63.2 Å². The highest BCUT2D eigenvalue weighted by Gasteiger charge is 2.27. The standard InChI is InChI=1S/C8H18FO6P/c1-3-11-5-7-13-16(10,15-9)14-8-6-12-4-2/h3-8H2,1-2H3. The summed E-state index contributed by atoms with van der Waals surface area (Å²) in [7, 11) is -4.11. The summed E-state index contributed by atoms with van der Waals surface area (Å²) in [5, 5.41) is 0. The number of phosphoric ester groups is 1. The van der Waals surface area contributed by atoms with Crippen molar-refractivity contribution in [1.29, 1.82) is 0 Å². The van der Waals surface area contributed by atoms with Gasteiger partial charge >= 0.3 is 7.82 Å². The van der Waals surface area contributed by atoms with Crippen LogP contribution in [0, 0.1) is 0 Å². The molecule has 0 unspecified atom stereocenters. The first-order valence-corrected chi connectivity index (χ1v) is 6.49. The van der Waals surface area contributed by atoms with Gasteiger partial charge in [0.15, 0.2) is 0 Å². The smallest absolute Gasteiger partial charge is 0.379 e. The second-order valence-corrected chi connectivity index (χ2v) is 4.13. The summed E-state index contributed by atoms with van der Waals surface area (Å²) in [6, 6.07) is 0. The molecule has 0 aliphatic heterocycles. The van der Waals surface area contributed by atoms with Crippen LogP contribution in [0.25, 0.3) is 0 Å². The Labute approximate surface area is 94.5 Å². The van der Waals surface area contributed by atoms with Gasteiger partial charge in [0.05, 0.1) is 26.4 Å². The van der Waals surface area contributed by atoms with Gasteiger partial charge in [0.25, 0.3) is 0 Å². The molecule has 0 aromatic rings. The molecule has 16 heavy (non-hydrogen) atoms. The first-order valence-electron chi connectivity index (χ1n) is 5.03. The Bertz CT molecular complexity index is 187. The Hall–Kier alpha value is -0.0400. The molecule has 0 rings (SSSR count). The van der Waals surface area contributed by atoms with Crippen molar-refractivity contribution in [2.75, 3.05) is 39.6 Å². The largest absolute Gasteiger partial charge is 0.506 e. The monoisotopic (exact) mass is 260 g/mol. The molecule has 0 saturated heterocycles. The van der Waals surface area contributed by atoms with E-state index in [1.165, 1.54) is 0 Å². The fourth-order valence-electron chi connectivity index (χ4n) is 0.782. The first-order chi connectivity index (χ1) is 7.68. The minimum Gasteiger partial charge on any atom is -0.379 e. The molecular formula is C8H18FO6P. The Kier molecular flexibility index (Phi) is 10.1. The van der Waals surface area contributed by atoms with E-state index in [0.717, 1.165) is 0 Å². The molecule has 6 nitrogen and oxygen atoms in total. The van der Waals surface area contributed by atoms with Crippen molar-refractivity contribution in [2.45, 2.75) is 13.8 Å². The average molecular weight is 260 g/mol. The zero-order valence-electron chi connectivity index (χ0n) is 9.52. The van der Waals surface area contributed by atoms with Gasteiger partial charge < -0.3 is 9.47 Å². The lowest BCUT2D eigenvalue weighted by Crippen LogP contribution is -2.07. The third-order valence-electron chi connectivity index (χ3n) is 1.45. The highest BCUT2D eigenvalue weighted by Crippen LogP contribution is 2.49. The van der Waals surface area contributed by atoms with Crippen LogP contribution >= 0.6 is 7.82 Å². The molecule has 0 saturated carbocycles. The van der Waals surface area contributed by atoms with Crippen LogP contribution in [0.4, 0.5) is 4.53 Å². The number of phosphoric acid groups is 1. The summed E-state index contributed by atoms with van der Waals surface area (Å²) in [5.41, 5.74) is 0. The van der Waals surface area contributed by atoms with E-state index >= 15 is 0 Å². The molecule has 0 aromatic heterocycles. The van der Waals surface area contributed by atoms with E-state index in [1.54, 1.807) is 13.8 Å². The molecule has 0 N–H and O–H groups in total. The van der Waals surface area contributed by atoms with Crippen molar-refractivity contribution in [3.8, 4) is 0 Å². The Morgan fingerprint density at radius 1 is 0.938 bits per heavy atom. The van der Waals surface area contributed by atoms with Gasteiger partial charge in [-0.3, -0.25) is 9.05 Å². The Morgan fingerprint density at radius 2 is 1.38 bits per heavy atom. The summed E-state index contributed by atoms with van der Waals surface area (Å²) in [4.78, 5) is 0. The van der Waals surface area contributed by atoms with Crippen molar-refractivity contribution < 1.29 is 32.3 Å². The summed E-state index contributed by atoms with van der Waals surface area (Å²) in [6.45, 7) is 4.84. The van der Waals surface area contributed by atoms with Gasteiger partial charge in [0.1, 0.15) is 0 Å². The number of halogens is 1. The third kappa shape index (κ3) is 8.15. The van der Waals surface area contributed by atoms with Crippen LogP contribution in [-0.4, -0.2) is 39.6 Å². The fraction of sp³-hybridized carbons (Fsp3) is 1.00. The van der Waals surface area contributed by atoms with Crippen LogP contribution in [0.2, 0.25) is 0 Å². The van der Waals surface area contributed by atoms with E-state index in [2.05, 4.69) is 13.8 Å². The van der Waals surface area contributed by atoms with E-state index in [1.807, 2.05) is 0 Å². The fourth-order valence-corrected chi connectivity index (χ4v) is 1.53. The van der Waals surface area contributed by atoms with Crippen molar-refractivity contribution in [3.05, 3.63) is 0 Å². The van der Waals surface area contributed by atoms with E-state index in [9.17, 15) is 9.09 Å². The molecule has 8 heteroatoms. The summed E-state index contributed by atoms with van der Waals surface area (Å²) < 4.78 is 45.6. The van der Waals surface area contributed by atoms with Gasteiger partial charge in [0, 0.05) is 13.2 Å². The second kappa shape index (κ2) is 10.1. The predicted octanol–water partition coefficient (Wildman–Crippen LogP) is 2.10. The van der Waals surface area contributed by atoms with Gasteiger partial charge in [-0.25, -0.2) is 4.57 Å². The lowest BCUT2D eigenvalue weighted by molar-refractivity contribution is -0.0636. The molecule has 0 spiro atoms. The van der Waals surface area contributed by atoms with Gasteiger partial charge in [-0.05, 0) is 18.4 Å². The molecule has 0 fully saturated rings. The first kappa shape index (κ1) is 16.0. The van der Waals surface area contributed by atoms with Gasteiger partial charge in [-0.2, -0.15) is 0 Å². The molecule has 0 heterocycles. The van der Waals surface area contributed by atoms with Crippen molar-refractivity contribution >= 4 is 7.82 Å². The van der Waals surface area contributed by atoms with Gasteiger partial charge in [0.2, 0.25) is 0 Å². The second-order valence-electron chi connectivity index (χ2n) is 2.58. The Morgan fingerprint density at radius 3 is 1.69 bits per heavy atom. The normalized spacial score (nSPS) is 11.9. The maximum Gasteiger partial charge on any atom is 0.506 e. The molecule has 0 radical (unpaired) electrons. The lowest BCUT2D eigenvalue weighted by Gasteiger charge is -2.12. The number of hydrogen-bond acceptors (Lipinski definition) is 6. The molecule has 0 amide bonds. The maximum absolute atomic E-state index is 12.0. The van der Waals surface area contributed by atoms with Crippen molar-refractivity contribution in [2.24, 2.45) is 0 Å². The van der Waals surface area contributed by atoms with Crippen LogP contribution < -0.4 is 0 Å². The zero-order valence-corrected chi connectivity index (χ0v) is 10.4. The quantitative estimate of drug-likeness (QED) is 0.418. The van der Waals surface area contributed by atoms with Crippen LogP contribution in [0.1, 0.15) is 13.8 Å². The van der Waals surface area contributed by atoms with Crippen molar-refractivity contribution in [1.82, 2.24) is 0 Å². The van der Waals surface area contributed by atoms with Crippen LogP contribution in [0.3, 0.4) is 0 Å². The molecule has 0 bridgehead atoms. The maximum atomic E-state index is 12.0. The Balaban J connectivity index is 3.69. The zero-order chi connectivity index (χ0) is 12.3. The third-order valence-corrected chi connectivity index (χ3v) is 2.61. The minimum atomic E-state index is -4.11. The van der Waals surface area contributed by atoms with Gasteiger partial charge in [-0.15, -0.1) is 0 Å². The molecule has 0 aliphatic carbocycles. The summed E-state index contributed by atoms with van der Waals surface area (Å²) in [5.74, 6) is 0. The van der Waals surface area contributed by atoms with Crippen molar-refractivity contribution in [3.63, 3.8) is 0 Å². The number of rotatable bonds is 11. The summed E-state index contributed by atoms with van der Waals surface area (Å²) >= 11 is 0. The number of ether oxygens (including phenoxy) is 2. The highest BCUT2D eigenvalue weighted by molar-refractivity contribution is 7.48. The highest BCUT2D eigenvalue weighted by atomic mass is 31.2. The van der Waals surface area contributed by atoms with Gasteiger partial charge in [-0.1, -0.05) is 4.73 Å². The predicted molar refractivity (Wildman–Crippen MR) is 54.7 cm³/mol. The minimum absolute atomic E-state index is 0.0658. The molecule has 0 atom stereocenters. The SMILES string of the molecule is CCOCCOP(=O)(OF)OCCOCC. The van der Waals surface area contributed by atoms with E-state index < -0.39 is 7.82 Å². The molecule has 98 valence electrons. The molecule has 0 aromatic carbocycles. The van der Waals surface area contributed by atoms with Crippen LogP contribution in [-0.2, 0) is 27.8 Å². The van der Waals surface area contributed by atoms with Crippen LogP contribution in [0.15, 0.2) is 0 Å².